The first kappa shape index (κ1) is 13.5. The van der Waals surface area contributed by atoms with Gasteiger partial charge in [0.15, 0.2) is 0 Å². The van der Waals surface area contributed by atoms with Crippen LogP contribution in [0.1, 0.15) is 36.7 Å². The Morgan fingerprint density at radius 1 is 1.32 bits per heavy atom. The average Bonchev–Trinajstić information content (AvgIpc) is 2.79. The molecule has 0 aliphatic carbocycles. The Kier molecular flexibility index (Phi) is 4.15. The minimum Gasteiger partial charge on any atom is -0.299 e. The van der Waals surface area contributed by atoms with E-state index in [2.05, 4.69) is 12.0 Å². The van der Waals surface area contributed by atoms with Crippen LogP contribution in [0.2, 0.25) is 0 Å². The third kappa shape index (κ3) is 3.11. The average molecular weight is 256 g/mol. The van der Waals surface area contributed by atoms with Crippen molar-refractivity contribution in [3.05, 3.63) is 53.3 Å². The molecule has 2 rings (SSSR count). The number of carbonyl (C=O) groups is 1. The number of carbonyl (C=O) groups excluding carboxylic acids is 1. The molecule has 1 aromatic carbocycles. The lowest BCUT2D eigenvalue weighted by atomic mass is 9.94. The maximum Gasteiger partial charge on any atom is 0.145 e. The van der Waals surface area contributed by atoms with Gasteiger partial charge in [-0.05, 0) is 18.1 Å². The van der Waals surface area contributed by atoms with E-state index in [1.54, 1.807) is 0 Å². The van der Waals surface area contributed by atoms with Crippen molar-refractivity contribution >= 4 is 5.78 Å². The molecule has 0 radical (unpaired) electrons. The molecule has 0 bridgehead atoms. The van der Waals surface area contributed by atoms with Gasteiger partial charge in [0, 0.05) is 25.1 Å². The molecular weight excluding hydrogens is 236 g/mol. The van der Waals surface area contributed by atoms with Crippen LogP contribution in [-0.4, -0.2) is 15.6 Å². The number of aryl methyl sites for hydroxylation is 2. The van der Waals surface area contributed by atoms with E-state index >= 15 is 0 Å². The highest BCUT2D eigenvalue weighted by molar-refractivity contribution is 5.87. The fourth-order valence-corrected chi connectivity index (χ4v) is 2.17. The smallest absolute Gasteiger partial charge is 0.145 e. The van der Waals surface area contributed by atoms with Gasteiger partial charge < -0.3 is 0 Å². The fourth-order valence-electron chi connectivity index (χ4n) is 2.17. The zero-order valence-corrected chi connectivity index (χ0v) is 11.8. The van der Waals surface area contributed by atoms with Crippen molar-refractivity contribution in [2.24, 2.45) is 7.05 Å². The third-order valence-electron chi connectivity index (χ3n) is 3.53. The molecule has 3 nitrogen and oxygen atoms in total. The first-order valence-electron chi connectivity index (χ1n) is 6.71. The zero-order chi connectivity index (χ0) is 13.8. The second-order valence-electron chi connectivity index (χ2n) is 4.88. The van der Waals surface area contributed by atoms with Gasteiger partial charge in [-0.15, -0.1) is 0 Å². The molecule has 0 saturated heterocycles. The largest absolute Gasteiger partial charge is 0.299 e. The van der Waals surface area contributed by atoms with Gasteiger partial charge in [-0.25, -0.2) is 0 Å². The molecular formula is C16H20N2O. The molecule has 19 heavy (non-hydrogen) atoms. The van der Waals surface area contributed by atoms with Crippen LogP contribution in [0.3, 0.4) is 0 Å². The van der Waals surface area contributed by atoms with Gasteiger partial charge in [0.1, 0.15) is 5.78 Å². The van der Waals surface area contributed by atoms with Crippen LogP contribution < -0.4 is 0 Å². The van der Waals surface area contributed by atoms with Crippen molar-refractivity contribution in [3.63, 3.8) is 0 Å². The molecule has 1 unspecified atom stereocenters. The SMILES string of the molecule is CCc1cc(CC(=O)C(C)c2ccccc2)n(C)n1. The van der Waals surface area contributed by atoms with Gasteiger partial charge in [0.2, 0.25) is 0 Å². The van der Waals surface area contributed by atoms with Crippen LogP contribution in [-0.2, 0) is 24.7 Å². The molecule has 0 aliphatic rings. The zero-order valence-electron chi connectivity index (χ0n) is 11.8. The molecule has 0 fully saturated rings. The van der Waals surface area contributed by atoms with Crippen molar-refractivity contribution in [3.8, 4) is 0 Å². The maximum atomic E-state index is 12.3. The summed E-state index contributed by atoms with van der Waals surface area (Å²) in [6.45, 7) is 4.04. The van der Waals surface area contributed by atoms with Crippen LogP contribution >= 0.6 is 0 Å². The van der Waals surface area contributed by atoms with E-state index in [4.69, 9.17) is 0 Å². The maximum absolute atomic E-state index is 12.3. The topological polar surface area (TPSA) is 34.9 Å². The van der Waals surface area contributed by atoms with Gasteiger partial charge in [0.25, 0.3) is 0 Å². The number of rotatable bonds is 5. The fraction of sp³-hybridized carbons (Fsp3) is 0.375. The Hall–Kier alpha value is -1.90. The molecule has 0 saturated carbocycles. The van der Waals surface area contributed by atoms with Crippen LogP contribution in [0.25, 0.3) is 0 Å². The summed E-state index contributed by atoms with van der Waals surface area (Å²) in [4.78, 5) is 12.3. The van der Waals surface area contributed by atoms with Crippen LogP contribution in [0.15, 0.2) is 36.4 Å². The lowest BCUT2D eigenvalue weighted by Gasteiger charge is -2.10. The molecule has 1 aromatic heterocycles. The Morgan fingerprint density at radius 2 is 2.00 bits per heavy atom. The Bertz CT molecular complexity index is 557. The van der Waals surface area contributed by atoms with E-state index in [0.29, 0.717) is 6.42 Å². The van der Waals surface area contributed by atoms with Gasteiger partial charge in [0.05, 0.1) is 5.69 Å². The van der Waals surface area contributed by atoms with Gasteiger partial charge in [-0.3, -0.25) is 9.48 Å². The summed E-state index contributed by atoms with van der Waals surface area (Å²) in [5, 5.41) is 4.38. The number of hydrogen-bond acceptors (Lipinski definition) is 2. The summed E-state index contributed by atoms with van der Waals surface area (Å²) < 4.78 is 1.81. The molecule has 0 spiro atoms. The molecule has 2 aromatic rings. The Labute approximate surface area is 114 Å². The number of Topliss-reactive ketones (excluding diaryl/α,β-unsaturated/α-hetero) is 1. The highest BCUT2D eigenvalue weighted by Crippen LogP contribution is 2.18. The monoisotopic (exact) mass is 256 g/mol. The number of hydrogen-bond donors (Lipinski definition) is 0. The van der Waals surface area contributed by atoms with Crippen LogP contribution in [0, 0.1) is 0 Å². The second kappa shape index (κ2) is 5.83. The first-order chi connectivity index (χ1) is 9.11. The highest BCUT2D eigenvalue weighted by atomic mass is 16.1. The van der Waals surface area contributed by atoms with Gasteiger partial charge in [-0.2, -0.15) is 5.10 Å². The Balaban J connectivity index is 2.10. The van der Waals surface area contributed by atoms with E-state index in [1.807, 2.05) is 55.1 Å². The Morgan fingerprint density at radius 3 is 2.58 bits per heavy atom. The first-order valence-corrected chi connectivity index (χ1v) is 6.71. The van der Waals surface area contributed by atoms with E-state index in [9.17, 15) is 4.79 Å². The van der Waals surface area contributed by atoms with E-state index < -0.39 is 0 Å². The predicted molar refractivity (Wildman–Crippen MR) is 76.2 cm³/mol. The van der Waals surface area contributed by atoms with Crippen LogP contribution in [0.5, 0.6) is 0 Å². The highest BCUT2D eigenvalue weighted by Gasteiger charge is 2.17. The number of aromatic nitrogens is 2. The lowest BCUT2D eigenvalue weighted by Crippen LogP contribution is -2.14. The minimum atomic E-state index is -0.0684. The minimum absolute atomic E-state index is 0.0684. The summed E-state index contributed by atoms with van der Waals surface area (Å²) >= 11 is 0. The van der Waals surface area contributed by atoms with Crippen molar-refractivity contribution in [2.45, 2.75) is 32.6 Å². The van der Waals surface area contributed by atoms with Crippen molar-refractivity contribution in [2.75, 3.05) is 0 Å². The van der Waals surface area contributed by atoms with Gasteiger partial charge in [-0.1, -0.05) is 44.2 Å². The van der Waals surface area contributed by atoms with Crippen LogP contribution in [0.4, 0.5) is 0 Å². The lowest BCUT2D eigenvalue weighted by molar-refractivity contribution is -0.119. The molecule has 0 aliphatic heterocycles. The molecule has 1 heterocycles. The van der Waals surface area contributed by atoms with E-state index in [1.165, 1.54) is 0 Å². The van der Waals surface area contributed by atoms with Crippen molar-refractivity contribution in [1.29, 1.82) is 0 Å². The molecule has 100 valence electrons. The quantitative estimate of drug-likeness (QED) is 0.824. The normalized spacial score (nSPS) is 12.4. The number of ketones is 1. The van der Waals surface area contributed by atoms with E-state index in [0.717, 1.165) is 23.4 Å². The predicted octanol–water partition coefficient (Wildman–Crippen LogP) is 2.90. The summed E-state index contributed by atoms with van der Waals surface area (Å²) in [5.41, 5.74) is 3.10. The summed E-state index contributed by atoms with van der Waals surface area (Å²) in [6.07, 6.45) is 1.34. The molecule has 1 atom stereocenters. The third-order valence-corrected chi connectivity index (χ3v) is 3.53. The summed E-state index contributed by atoms with van der Waals surface area (Å²) in [5.74, 6) is 0.165. The number of benzene rings is 1. The van der Waals surface area contributed by atoms with Crippen molar-refractivity contribution in [1.82, 2.24) is 9.78 Å². The standard InChI is InChI=1S/C16H20N2O/c1-4-14-10-15(18(3)17-14)11-16(19)12(2)13-8-6-5-7-9-13/h5-10,12H,4,11H2,1-3H3. The summed E-state index contributed by atoms with van der Waals surface area (Å²) in [6, 6.07) is 11.9. The summed E-state index contributed by atoms with van der Waals surface area (Å²) in [7, 11) is 1.90. The number of nitrogens with zero attached hydrogens (tertiary/aromatic N) is 2. The van der Waals surface area contributed by atoms with Crippen molar-refractivity contribution < 1.29 is 4.79 Å². The van der Waals surface area contributed by atoms with E-state index in [-0.39, 0.29) is 11.7 Å². The molecule has 0 amide bonds. The molecule has 3 heteroatoms. The van der Waals surface area contributed by atoms with Gasteiger partial charge >= 0.3 is 0 Å². The molecule has 0 N–H and O–H groups in total. The second-order valence-corrected chi connectivity index (χ2v) is 4.88.